The zero-order valence-corrected chi connectivity index (χ0v) is 15.6. The van der Waals surface area contributed by atoms with E-state index in [-0.39, 0.29) is 11.9 Å². The first kappa shape index (κ1) is 17.3. The fourth-order valence-corrected chi connectivity index (χ4v) is 3.83. The molecular weight excluding hydrogens is 326 g/mol. The lowest BCUT2D eigenvalue weighted by Crippen LogP contribution is -2.43. The van der Waals surface area contributed by atoms with Gasteiger partial charge in [0.15, 0.2) is 0 Å². The molecule has 1 aliphatic carbocycles. The summed E-state index contributed by atoms with van der Waals surface area (Å²) in [7, 11) is 1.96. The summed E-state index contributed by atoms with van der Waals surface area (Å²) >= 11 is 0. The Kier molecular flexibility index (Phi) is 4.81. The highest BCUT2D eigenvalue weighted by molar-refractivity contribution is 5.80. The SMILES string of the molecule is Cc1ccccc1CC(=O)N1CCc2cnn(C)c2C1COCC1CC1. The molecule has 2 heterocycles. The molecule has 4 rings (SSSR count). The van der Waals surface area contributed by atoms with Crippen molar-refractivity contribution in [2.75, 3.05) is 19.8 Å². The zero-order chi connectivity index (χ0) is 18.1. The molecule has 5 heteroatoms. The molecule has 138 valence electrons. The maximum atomic E-state index is 13.1. The lowest BCUT2D eigenvalue weighted by atomic mass is 9.98. The number of nitrogens with zero attached hydrogens (tertiary/aromatic N) is 3. The quantitative estimate of drug-likeness (QED) is 0.802. The Hall–Kier alpha value is -2.14. The van der Waals surface area contributed by atoms with E-state index < -0.39 is 0 Å². The van der Waals surface area contributed by atoms with Crippen LogP contribution in [0.3, 0.4) is 0 Å². The fraction of sp³-hybridized carbons (Fsp3) is 0.524. The first-order valence-corrected chi connectivity index (χ1v) is 9.56. The lowest BCUT2D eigenvalue weighted by Gasteiger charge is -2.36. The number of ether oxygens (including phenoxy) is 1. The van der Waals surface area contributed by atoms with Crippen LogP contribution in [-0.4, -0.2) is 40.3 Å². The molecule has 1 aliphatic heterocycles. The molecule has 0 radical (unpaired) electrons. The van der Waals surface area contributed by atoms with Crippen molar-refractivity contribution in [2.24, 2.45) is 13.0 Å². The van der Waals surface area contributed by atoms with Crippen LogP contribution in [0, 0.1) is 12.8 Å². The summed E-state index contributed by atoms with van der Waals surface area (Å²) in [6.45, 7) is 4.17. The average molecular weight is 353 g/mol. The number of amides is 1. The molecule has 0 N–H and O–H groups in total. The van der Waals surface area contributed by atoms with Gasteiger partial charge in [-0.15, -0.1) is 0 Å². The van der Waals surface area contributed by atoms with Crippen molar-refractivity contribution >= 4 is 5.91 Å². The van der Waals surface area contributed by atoms with E-state index in [1.54, 1.807) is 0 Å². The number of hydrogen-bond donors (Lipinski definition) is 0. The molecule has 2 aliphatic rings. The molecule has 1 saturated carbocycles. The molecule has 1 fully saturated rings. The summed E-state index contributed by atoms with van der Waals surface area (Å²) in [6, 6.07) is 8.09. The van der Waals surface area contributed by atoms with Crippen LogP contribution in [0.5, 0.6) is 0 Å². The van der Waals surface area contributed by atoms with Gasteiger partial charge in [0.1, 0.15) is 0 Å². The summed E-state index contributed by atoms with van der Waals surface area (Å²) in [5.41, 5.74) is 4.64. The monoisotopic (exact) mass is 353 g/mol. The molecule has 2 aromatic rings. The summed E-state index contributed by atoms with van der Waals surface area (Å²) in [5, 5.41) is 4.42. The number of hydrogen-bond acceptors (Lipinski definition) is 3. The van der Waals surface area contributed by atoms with Gasteiger partial charge in [0, 0.05) is 20.2 Å². The van der Waals surface area contributed by atoms with Gasteiger partial charge in [-0.05, 0) is 48.8 Å². The minimum Gasteiger partial charge on any atom is -0.379 e. The number of fused-ring (bicyclic) bond motifs is 1. The Morgan fingerprint density at radius 3 is 2.85 bits per heavy atom. The van der Waals surface area contributed by atoms with Crippen molar-refractivity contribution in [3.05, 3.63) is 52.8 Å². The molecule has 1 aromatic heterocycles. The fourth-order valence-electron chi connectivity index (χ4n) is 3.83. The van der Waals surface area contributed by atoms with Crippen molar-refractivity contribution in [3.63, 3.8) is 0 Å². The third-order valence-electron chi connectivity index (χ3n) is 5.63. The van der Waals surface area contributed by atoms with Crippen LogP contribution in [0.2, 0.25) is 0 Å². The maximum Gasteiger partial charge on any atom is 0.227 e. The number of aromatic nitrogens is 2. The molecule has 1 aromatic carbocycles. The van der Waals surface area contributed by atoms with Crippen LogP contribution in [-0.2, 0) is 29.4 Å². The molecule has 5 nitrogen and oxygen atoms in total. The summed E-state index contributed by atoms with van der Waals surface area (Å²) in [6.07, 6.45) is 5.79. The van der Waals surface area contributed by atoms with Crippen LogP contribution < -0.4 is 0 Å². The van der Waals surface area contributed by atoms with E-state index in [2.05, 4.69) is 18.1 Å². The Balaban J connectivity index is 1.53. The van der Waals surface area contributed by atoms with Crippen LogP contribution in [0.1, 0.15) is 41.3 Å². The third kappa shape index (κ3) is 3.54. The van der Waals surface area contributed by atoms with Crippen molar-refractivity contribution in [3.8, 4) is 0 Å². The average Bonchev–Trinajstić information content (AvgIpc) is 3.38. The number of carbonyl (C=O) groups is 1. The van der Waals surface area contributed by atoms with Crippen LogP contribution in [0.4, 0.5) is 0 Å². The minimum absolute atomic E-state index is 0.0403. The summed E-state index contributed by atoms with van der Waals surface area (Å²) < 4.78 is 7.91. The van der Waals surface area contributed by atoms with E-state index in [4.69, 9.17) is 4.74 Å². The molecule has 1 atom stereocenters. The van der Waals surface area contributed by atoms with E-state index in [9.17, 15) is 4.79 Å². The molecule has 1 amide bonds. The number of carbonyl (C=O) groups excluding carboxylic acids is 1. The summed E-state index contributed by atoms with van der Waals surface area (Å²) in [5.74, 6) is 0.895. The van der Waals surface area contributed by atoms with Gasteiger partial charge in [-0.25, -0.2) is 0 Å². The molecule has 1 unspecified atom stereocenters. The molecule has 26 heavy (non-hydrogen) atoms. The van der Waals surface area contributed by atoms with E-state index >= 15 is 0 Å². The van der Waals surface area contributed by atoms with Crippen LogP contribution in [0.25, 0.3) is 0 Å². The second kappa shape index (κ2) is 7.23. The van der Waals surface area contributed by atoms with Crippen LogP contribution >= 0.6 is 0 Å². The van der Waals surface area contributed by atoms with Gasteiger partial charge in [0.05, 0.1) is 31.0 Å². The van der Waals surface area contributed by atoms with Gasteiger partial charge in [0.2, 0.25) is 5.91 Å². The number of aryl methyl sites for hydroxylation is 2. The third-order valence-corrected chi connectivity index (χ3v) is 5.63. The molecule has 0 spiro atoms. The first-order chi connectivity index (χ1) is 12.6. The van der Waals surface area contributed by atoms with Crippen molar-refractivity contribution in [1.29, 1.82) is 0 Å². The highest BCUT2D eigenvalue weighted by atomic mass is 16.5. The zero-order valence-electron chi connectivity index (χ0n) is 15.6. The predicted molar refractivity (Wildman–Crippen MR) is 99.8 cm³/mol. The Bertz CT molecular complexity index is 794. The van der Waals surface area contributed by atoms with Crippen molar-refractivity contribution < 1.29 is 9.53 Å². The van der Waals surface area contributed by atoms with Gasteiger partial charge in [0.25, 0.3) is 0 Å². The van der Waals surface area contributed by atoms with E-state index in [1.807, 2.05) is 41.0 Å². The standard InChI is InChI=1S/C21H27N3O2/c1-15-5-3-4-6-17(15)11-20(25)24-10-9-18-12-22-23(2)21(18)19(24)14-26-13-16-7-8-16/h3-6,12,16,19H,7-11,13-14H2,1-2H3. The van der Waals surface area contributed by atoms with Gasteiger partial charge in [-0.3, -0.25) is 9.48 Å². The Morgan fingerprint density at radius 2 is 2.08 bits per heavy atom. The second-order valence-corrected chi connectivity index (χ2v) is 7.62. The van der Waals surface area contributed by atoms with Crippen LogP contribution in [0.15, 0.2) is 30.5 Å². The smallest absolute Gasteiger partial charge is 0.227 e. The highest BCUT2D eigenvalue weighted by Crippen LogP contribution is 2.32. The van der Waals surface area contributed by atoms with Gasteiger partial charge >= 0.3 is 0 Å². The summed E-state index contributed by atoms with van der Waals surface area (Å²) in [4.78, 5) is 15.1. The van der Waals surface area contributed by atoms with Crippen molar-refractivity contribution in [1.82, 2.24) is 14.7 Å². The Morgan fingerprint density at radius 1 is 1.27 bits per heavy atom. The van der Waals surface area contributed by atoms with E-state index in [0.717, 1.165) is 36.7 Å². The largest absolute Gasteiger partial charge is 0.379 e. The predicted octanol–water partition coefficient (Wildman–Crippen LogP) is 2.82. The number of benzene rings is 1. The topological polar surface area (TPSA) is 47.4 Å². The lowest BCUT2D eigenvalue weighted by molar-refractivity contribution is -0.135. The second-order valence-electron chi connectivity index (χ2n) is 7.62. The van der Waals surface area contributed by atoms with Crippen molar-refractivity contribution in [2.45, 2.75) is 38.6 Å². The van der Waals surface area contributed by atoms with E-state index in [1.165, 1.54) is 24.0 Å². The van der Waals surface area contributed by atoms with E-state index in [0.29, 0.717) is 13.0 Å². The molecular formula is C21H27N3O2. The molecule has 0 bridgehead atoms. The maximum absolute atomic E-state index is 13.1. The Labute approximate surface area is 154 Å². The van der Waals surface area contributed by atoms with Gasteiger partial charge < -0.3 is 9.64 Å². The minimum atomic E-state index is -0.0403. The first-order valence-electron chi connectivity index (χ1n) is 9.56. The van der Waals surface area contributed by atoms with Gasteiger partial charge in [-0.1, -0.05) is 24.3 Å². The molecule has 0 saturated heterocycles. The highest BCUT2D eigenvalue weighted by Gasteiger charge is 2.34. The van der Waals surface area contributed by atoms with Gasteiger partial charge in [-0.2, -0.15) is 5.10 Å². The number of rotatable bonds is 6. The normalized spacial score (nSPS) is 19.5.